The van der Waals surface area contributed by atoms with Crippen LogP contribution in [-0.4, -0.2) is 5.78 Å². The van der Waals surface area contributed by atoms with Crippen LogP contribution in [0.15, 0.2) is 12.7 Å². The second-order valence-electron chi connectivity index (χ2n) is 2.49. The Hall–Kier alpha value is -0.300. The minimum Gasteiger partial charge on any atom is -0.299 e. The van der Waals surface area contributed by atoms with Crippen LogP contribution in [0.2, 0.25) is 0 Å². The van der Waals surface area contributed by atoms with Gasteiger partial charge in [0.1, 0.15) is 5.78 Å². The maximum Gasteiger partial charge on any atom is 0.136 e. The number of allylic oxidation sites excluding steroid dienone is 1. The lowest BCUT2D eigenvalue weighted by atomic mass is 10.1. The molecule has 0 aliphatic carbocycles. The van der Waals surface area contributed by atoms with Gasteiger partial charge in [-0.05, 0) is 6.42 Å². The Morgan fingerprint density at radius 3 is 2.55 bits per heavy atom. The molecule has 0 radical (unpaired) electrons. The Balaban J connectivity index is 0. The molecule has 0 fully saturated rings. The summed E-state index contributed by atoms with van der Waals surface area (Å²) in [6.45, 7) is 5.64. The van der Waals surface area contributed by atoms with Gasteiger partial charge in [-0.1, -0.05) is 25.8 Å². The summed E-state index contributed by atoms with van der Waals surface area (Å²) in [6, 6.07) is 0. The van der Waals surface area contributed by atoms with Gasteiger partial charge in [-0.2, -0.15) is 0 Å². The average molecular weight is 177 g/mol. The number of hydrogen-bond donors (Lipinski definition) is 0. The zero-order valence-electron chi connectivity index (χ0n) is 7.14. The van der Waals surface area contributed by atoms with E-state index in [0.29, 0.717) is 12.2 Å². The van der Waals surface area contributed by atoms with Gasteiger partial charge in [-0.3, -0.25) is 4.79 Å². The fourth-order valence-electron chi connectivity index (χ4n) is 0.835. The number of halogens is 1. The molecule has 66 valence electrons. The SMILES string of the molecule is C=CCC(=O)CCCCC.Cl. The molecule has 1 nitrogen and oxygen atoms in total. The van der Waals surface area contributed by atoms with Crippen molar-refractivity contribution in [3.8, 4) is 0 Å². The minimum atomic E-state index is 0. The molecule has 0 spiro atoms. The molecule has 0 saturated heterocycles. The predicted molar refractivity (Wildman–Crippen MR) is 51.2 cm³/mol. The Kier molecular flexibility index (Phi) is 11.7. The van der Waals surface area contributed by atoms with E-state index in [2.05, 4.69) is 13.5 Å². The van der Waals surface area contributed by atoms with Crippen molar-refractivity contribution in [2.24, 2.45) is 0 Å². The molecule has 2 heteroatoms. The van der Waals surface area contributed by atoms with Crippen molar-refractivity contribution in [2.45, 2.75) is 39.0 Å². The van der Waals surface area contributed by atoms with E-state index in [1.807, 2.05) is 0 Å². The van der Waals surface area contributed by atoms with Crippen LogP contribution in [-0.2, 0) is 4.79 Å². The zero-order valence-corrected chi connectivity index (χ0v) is 7.95. The van der Waals surface area contributed by atoms with E-state index < -0.39 is 0 Å². The summed E-state index contributed by atoms with van der Waals surface area (Å²) in [5.41, 5.74) is 0. The van der Waals surface area contributed by atoms with Crippen molar-refractivity contribution in [2.75, 3.05) is 0 Å². The molecule has 0 aliphatic heterocycles. The first-order valence-electron chi connectivity index (χ1n) is 3.93. The van der Waals surface area contributed by atoms with Crippen molar-refractivity contribution < 1.29 is 4.79 Å². The zero-order chi connectivity index (χ0) is 7.82. The average Bonchev–Trinajstić information content (AvgIpc) is 1.89. The minimum absolute atomic E-state index is 0. The van der Waals surface area contributed by atoms with Crippen molar-refractivity contribution >= 4 is 18.2 Å². The standard InChI is InChI=1S/C9H16O.ClH/c1-3-5-6-8-9(10)7-4-2;/h4H,2-3,5-8H2,1H3;1H. The van der Waals surface area contributed by atoms with Gasteiger partial charge in [0.25, 0.3) is 0 Å². The number of Topliss-reactive ketones (excluding diaryl/α,β-unsaturated/α-hetero) is 1. The fourth-order valence-corrected chi connectivity index (χ4v) is 0.835. The maximum absolute atomic E-state index is 10.8. The van der Waals surface area contributed by atoms with E-state index in [1.165, 1.54) is 12.8 Å². The van der Waals surface area contributed by atoms with Crippen molar-refractivity contribution in [1.29, 1.82) is 0 Å². The Bertz CT molecular complexity index is 110. The highest BCUT2D eigenvalue weighted by atomic mass is 35.5. The van der Waals surface area contributed by atoms with Crippen LogP contribution in [0, 0.1) is 0 Å². The summed E-state index contributed by atoms with van der Waals surface area (Å²) in [5, 5.41) is 0. The molecule has 0 aromatic heterocycles. The maximum atomic E-state index is 10.8. The third-order valence-electron chi connectivity index (χ3n) is 1.43. The van der Waals surface area contributed by atoms with Gasteiger partial charge in [-0.25, -0.2) is 0 Å². The highest BCUT2D eigenvalue weighted by Gasteiger charge is 1.96. The van der Waals surface area contributed by atoms with Gasteiger partial charge < -0.3 is 0 Å². The van der Waals surface area contributed by atoms with Crippen molar-refractivity contribution in [3.05, 3.63) is 12.7 Å². The largest absolute Gasteiger partial charge is 0.299 e. The van der Waals surface area contributed by atoms with E-state index in [-0.39, 0.29) is 12.4 Å². The van der Waals surface area contributed by atoms with Crippen LogP contribution in [0.5, 0.6) is 0 Å². The number of carbonyl (C=O) groups is 1. The summed E-state index contributed by atoms with van der Waals surface area (Å²) in [4.78, 5) is 10.8. The van der Waals surface area contributed by atoms with E-state index >= 15 is 0 Å². The van der Waals surface area contributed by atoms with Crippen LogP contribution in [0.1, 0.15) is 39.0 Å². The van der Waals surface area contributed by atoms with Crippen LogP contribution in [0.3, 0.4) is 0 Å². The molecule has 0 amide bonds. The Morgan fingerprint density at radius 2 is 2.09 bits per heavy atom. The number of carbonyl (C=O) groups excluding carboxylic acids is 1. The first-order chi connectivity index (χ1) is 4.81. The molecule has 0 heterocycles. The van der Waals surface area contributed by atoms with Crippen LogP contribution < -0.4 is 0 Å². The summed E-state index contributed by atoms with van der Waals surface area (Å²) in [6.07, 6.45) is 6.35. The van der Waals surface area contributed by atoms with E-state index in [0.717, 1.165) is 12.8 Å². The topological polar surface area (TPSA) is 17.1 Å². The van der Waals surface area contributed by atoms with Crippen LogP contribution in [0.4, 0.5) is 0 Å². The molecule has 0 saturated carbocycles. The first-order valence-corrected chi connectivity index (χ1v) is 3.93. The quantitative estimate of drug-likeness (QED) is 0.449. The second kappa shape index (κ2) is 9.70. The monoisotopic (exact) mass is 176 g/mol. The second-order valence-corrected chi connectivity index (χ2v) is 2.49. The number of ketones is 1. The molecule has 0 N–H and O–H groups in total. The van der Waals surface area contributed by atoms with E-state index in [9.17, 15) is 4.79 Å². The van der Waals surface area contributed by atoms with E-state index in [1.54, 1.807) is 6.08 Å². The molecule has 0 aliphatic rings. The van der Waals surface area contributed by atoms with Gasteiger partial charge in [0.05, 0.1) is 0 Å². The summed E-state index contributed by atoms with van der Waals surface area (Å²) < 4.78 is 0. The van der Waals surface area contributed by atoms with Gasteiger partial charge in [0.15, 0.2) is 0 Å². The Labute approximate surface area is 75.3 Å². The van der Waals surface area contributed by atoms with Crippen molar-refractivity contribution in [1.82, 2.24) is 0 Å². The molecular formula is C9H17ClO. The van der Waals surface area contributed by atoms with Gasteiger partial charge >= 0.3 is 0 Å². The number of unbranched alkanes of at least 4 members (excludes halogenated alkanes) is 2. The molecule has 0 unspecified atom stereocenters. The smallest absolute Gasteiger partial charge is 0.136 e. The molecule has 0 bridgehead atoms. The van der Waals surface area contributed by atoms with Crippen LogP contribution in [0.25, 0.3) is 0 Å². The molecular weight excluding hydrogens is 160 g/mol. The van der Waals surface area contributed by atoms with E-state index in [4.69, 9.17) is 0 Å². The molecule has 0 atom stereocenters. The summed E-state index contributed by atoms with van der Waals surface area (Å²) in [5.74, 6) is 0.323. The molecule has 0 aromatic rings. The molecule has 11 heavy (non-hydrogen) atoms. The third-order valence-corrected chi connectivity index (χ3v) is 1.43. The summed E-state index contributed by atoms with van der Waals surface area (Å²) in [7, 11) is 0. The molecule has 0 aromatic carbocycles. The lowest BCUT2D eigenvalue weighted by Crippen LogP contribution is -1.94. The van der Waals surface area contributed by atoms with Crippen LogP contribution >= 0.6 is 12.4 Å². The van der Waals surface area contributed by atoms with Gasteiger partial charge in [-0.15, -0.1) is 19.0 Å². The van der Waals surface area contributed by atoms with Crippen molar-refractivity contribution in [3.63, 3.8) is 0 Å². The summed E-state index contributed by atoms with van der Waals surface area (Å²) >= 11 is 0. The highest BCUT2D eigenvalue weighted by molar-refractivity contribution is 5.85. The fraction of sp³-hybridized carbons (Fsp3) is 0.667. The number of rotatable bonds is 6. The third kappa shape index (κ3) is 9.70. The Morgan fingerprint density at radius 1 is 1.45 bits per heavy atom. The lowest BCUT2D eigenvalue weighted by molar-refractivity contribution is -0.118. The van der Waals surface area contributed by atoms with Gasteiger partial charge in [0.2, 0.25) is 0 Å². The highest BCUT2D eigenvalue weighted by Crippen LogP contribution is 2.01. The number of hydrogen-bond acceptors (Lipinski definition) is 1. The lowest BCUT2D eigenvalue weighted by Gasteiger charge is -1.94. The first kappa shape index (κ1) is 13.3. The van der Waals surface area contributed by atoms with Gasteiger partial charge in [0, 0.05) is 12.8 Å². The predicted octanol–water partition coefficient (Wildman–Crippen LogP) is 3.13. The molecule has 0 rings (SSSR count). The normalized spacial score (nSPS) is 8.45.